The van der Waals surface area contributed by atoms with Gasteiger partial charge in [0.2, 0.25) is 5.91 Å². The van der Waals surface area contributed by atoms with E-state index in [0.717, 1.165) is 11.1 Å². The van der Waals surface area contributed by atoms with Gasteiger partial charge in [0, 0.05) is 17.5 Å². The first-order chi connectivity index (χ1) is 9.28. The van der Waals surface area contributed by atoms with E-state index in [1.54, 1.807) is 29.2 Å². The number of thioether (sulfide) groups is 1. The molecular formula is C15H15NOS2. The molecule has 0 aliphatic heterocycles. The van der Waals surface area contributed by atoms with E-state index in [-0.39, 0.29) is 5.91 Å². The van der Waals surface area contributed by atoms with Crippen LogP contribution in [0.25, 0.3) is 6.08 Å². The number of carbonyl (C=O) groups is 1. The average Bonchev–Trinajstić information content (AvgIpc) is 2.96. The lowest BCUT2D eigenvalue weighted by Gasteiger charge is -2.00. The van der Waals surface area contributed by atoms with E-state index in [1.807, 2.05) is 53.4 Å². The van der Waals surface area contributed by atoms with Gasteiger partial charge in [0.25, 0.3) is 0 Å². The molecule has 1 aromatic heterocycles. The minimum Gasteiger partial charge on any atom is -0.348 e. The highest BCUT2D eigenvalue weighted by Gasteiger charge is 1.97. The van der Waals surface area contributed by atoms with Crippen LogP contribution >= 0.6 is 23.1 Å². The predicted octanol–water partition coefficient (Wildman–Crippen LogP) is 3.80. The fraction of sp³-hybridized carbons (Fsp3) is 0.133. The Morgan fingerprint density at radius 3 is 2.74 bits per heavy atom. The molecule has 0 aliphatic carbocycles. The van der Waals surface area contributed by atoms with Crippen LogP contribution in [0.2, 0.25) is 0 Å². The minimum absolute atomic E-state index is 0.0693. The van der Waals surface area contributed by atoms with Crippen LogP contribution in [-0.4, -0.2) is 12.2 Å². The zero-order valence-electron chi connectivity index (χ0n) is 10.6. The van der Waals surface area contributed by atoms with Gasteiger partial charge in [-0.1, -0.05) is 12.1 Å². The third kappa shape index (κ3) is 4.58. The number of rotatable bonds is 5. The SMILES string of the molecule is CSc1ccc(/C=C/C(=O)NCc2ccsc2)cc1. The molecule has 0 atom stereocenters. The second kappa shape index (κ2) is 7.16. The van der Waals surface area contributed by atoms with Crippen LogP contribution < -0.4 is 5.32 Å². The van der Waals surface area contributed by atoms with E-state index >= 15 is 0 Å². The summed E-state index contributed by atoms with van der Waals surface area (Å²) in [6.07, 6.45) is 5.44. The molecule has 0 unspecified atom stereocenters. The van der Waals surface area contributed by atoms with Gasteiger partial charge in [-0.05, 0) is 52.4 Å². The first-order valence-electron chi connectivity index (χ1n) is 5.89. The molecule has 2 aromatic rings. The van der Waals surface area contributed by atoms with Crippen LogP contribution in [-0.2, 0) is 11.3 Å². The highest BCUT2D eigenvalue weighted by atomic mass is 32.2. The van der Waals surface area contributed by atoms with Crippen molar-refractivity contribution in [2.75, 3.05) is 6.26 Å². The van der Waals surface area contributed by atoms with E-state index in [0.29, 0.717) is 6.54 Å². The number of carbonyl (C=O) groups excluding carboxylic acids is 1. The molecule has 19 heavy (non-hydrogen) atoms. The van der Waals surface area contributed by atoms with Crippen molar-refractivity contribution >= 4 is 35.1 Å². The lowest BCUT2D eigenvalue weighted by atomic mass is 10.2. The maximum Gasteiger partial charge on any atom is 0.244 e. The van der Waals surface area contributed by atoms with Crippen molar-refractivity contribution in [3.63, 3.8) is 0 Å². The molecule has 0 bridgehead atoms. The van der Waals surface area contributed by atoms with Crippen molar-refractivity contribution in [2.45, 2.75) is 11.4 Å². The number of nitrogens with one attached hydrogen (secondary N) is 1. The van der Waals surface area contributed by atoms with Crippen molar-refractivity contribution < 1.29 is 4.79 Å². The van der Waals surface area contributed by atoms with Gasteiger partial charge in [0.1, 0.15) is 0 Å². The molecule has 0 saturated carbocycles. The van der Waals surface area contributed by atoms with E-state index in [9.17, 15) is 4.79 Å². The van der Waals surface area contributed by atoms with Crippen LogP contribution in [0, 0.1) is 0 Å². The van der Waals surface area contributed by atoms with Crippen LogP contribution in [0.15, 0.2) is 52.1 Å². The first kappa shape index (κ1) is 13.9. The fourth-order valence-electron chi connectivity index (χ4n) is 1.53. The zero-order chi connectivity index (χ0) is 13.5. The number of amides is 1. The largest absolute Gasteiger partial charge is 0.348 e. The van der Waals surface area contributed by atoms with E-state index in [4.69, 9.17) is 0 Å². The molecule has 0 spiro atoms. The second-order valence-corrected chi connectivity index (χ2v) is 5.62. The smallest absolute Gasteiger partial charge is 0.244 e. The Morgan fingerprint density at radius 2 is 2.11 bits per heavy atom. The molecule has 2 nitrogen and oxygen atoms in total. The lowest BCUT2D eigenvalue weighted by Crippen LogP contribution is -2.19. The summed E-state index contributed by atoms with van der Waals surface area (Å²) < 4.78 is 0. The number of benzene rings is 1. The normalized spacial score (nSPS) is 10.8. The maximum absolute atomic E-state index is 11.6. The van der Waals surface area contributed by atoms with E-state index < -0.39 is 0 Å². The van der Waals surface area contributed by atoms with E-state index in [2.05, 4.69) is 5.32 Å². The molecule has 0 fully saturated rings. The van der Waals surface area contributed by atoms with Gasteiger partial charge in [-0.2, -0.15) is 11.3 Å². The summed E-state index contributed by atoms with van der Waals surface area (Å²) in [4.78, 5) is 12.9. The van der Waals surface area contributed by atoms with Gasteiger partial charge in [-0.25, -0.2) is 0 Å². The highest BCUT2D eigenvalue weighted by Crippen LogP contribution is 2.15. The Morgan fingerprint density at radius 1 is 1.32 bits per heavy atom. The van der Waals surface area contributed by atoms with Gasteiger partial charge in [0.05, 0.1) is 0 Å². The molecular weight excluding hydrogens is 274 g/mol. The predicted molar refractivity (Wildman–Crippen MR) is 83.4 cm³/mol. The maximum atomic E-state index is 11.6. The lowest BCUT2D eigenvalue weighted by molar-refractivity contribution is -0.116. The third-order valence-corrected chi connectivity index (χ3v) is 4.07. The van der Waals surface area contributed by atoms with Gasteiger partial charge in [-0.15, -0.1) is 11.8 Å². The average molecular weight is 289 g/mol. The van der Waals surface area contributed by atoms with Crippen LogP contribution in [0.1, 0.15) is 11.1 Å². The number of thiophene rings is 1. The molecule has 4 heteroatoms. The summed E-state index contributed by atoms with van der Waals surface area (Å²) in [6, 6.07) is 10.1. The molecule has 98 valence electrons. The Labute approximate surface area is 121 Å². The molecule has 0 saturated heterocycles. The highest BCUT2D eigenvalue weighted by molar-refractivity contribution is 7.98. The summed E-state index contributed by atoms with van der Waals surface area (Å²) in [7, 11) is 0. The Bertz CT molecular complexity index is 544. The first-order valence-corrected chi connectivity index (χ1v) is 8.06. The third-order valence-electron chi connectivity index (χ3n) is 2.59. The van der Waals surface area contributed by atoms with Gasteiger partial charge < -0.3 is 5.32 Å². The summed E-state index contributed by atoms with van der Waals surface area (Å²) in [6.45, 7) is 0.581. The topological polar surface area (TPSA) is 29.1 Å². The van der Waals surface area contributed by atoms with Gasteiger partial charge >= 0.3 is 0 Å². The zero-order valence-corrected chi connectivity index (χ0v) is 12.3. The molecule has 0 aliphatic rings. The summed E-state index contributed by atoms with van der Waals surface area (Å²) in [5.41, 5.74) is 2.17. The quantitative estimate of drug-likeness (QED) is 0.670. The number of hydrogen-bond donors (Lipinski definition) is 1. The Kier molecular flexibility index (Phi) is 5.24. The monoisotopic (exact) mass is 289 g/mol. The molecule has 0 radical (unpaired) electrons. The van der Waals surface area contributed by atoms with Gasteiger partial charge in [0.15, 0.2) is 0 Å². The Hall–Kier alpha value is -1.52. The van der Waals surface area contributed by atoms with Crippen LogP contribution in [0.3, 0.4) is 0 Å². The van der Waals surface area contributed by atoms with Crippen LogP contribution in [0.4, 0.5) is 0 Å². The fourth-order valence-corrected chi connectivity index (χ4v) is 2.61. The Balaban J connectivity index is 1.85. The summed E-state index contributed by atoms with van der Waals surface area (Å²) in [5.74, 6) is -0.0693. The van der Waals surface area contributed by atoms with Crippen molar-refractivity contribution in [3.8, 4) is 0 Å². The number of hydrogen-bond acceptors (Lipinski definition) is 3. The van der Waals surface area contributed by atoms with Gasteiger partial charge in [-0.3, -0.25) is 4.79 Å². The van der Waals surface area contributed by atoms with Crippen molar-refractivity contribution in [1.82, 2.24) is 5.32 Å². The molecule has 1 amide bonds. The summed E-state index contributed by atoms with van der Waals surface area (Å²) in [5, 5.41) is 6.89. The molecule has 2 rings (SSSR count). The van der Waals surface area contributed by atoms with E-state index in [1.165, 1.54) is 4.90 Å². The molecule has 1 N–H and O–H groups in total. The molecule has 1 heterocycles. The van der Waals surface area contributed by atoms with Crippen molar-refractivity contribution in [2.24, 2.45) is 0 Å². The summed E-state index contributed by atoms with van der Waals surface area (Å²) >= 11 is 3.34. The van der Waals surface area contributed by atoms with Crippen molar-refractivity contribution in [3.05, 3.63) is 58.3 Å². The molecule has 1 aromatic carbocycles. The second-order valence-electron chi connectivity index (χ2n) is 3.96. The van der Waals surface area contributed by atoms with Crippen LogP contribution in [0.5, 0.6) is 0 Å². The van der Waals surface area contributed by atoms with Crippen molar-refractivity contribution in [1.29, 1.82) is 0 Å². The standard InChI is InChI=1S/C15H15NOS2/c1-18-14-5-2-12(3-6-14)4-7-15(17)16-10-13-8-9-19-11-13/h2-9,11H,10H2,1H3,(H,16,17)/b7-4+. The minimum atomic E-state index is -0.0693.